The molecule has 0 spiro atoms. The smallest absolute Gasteiger partial charge is 0.223 e. The van der Waals surface area contributed by atoms with Gasteiger partial charge in [0.2, 0.25) is 5.95 Å². The zero-order chi connectivity index (χ0) is 19.0. The number of aliphatic hydroxyl groups is 1. The molecule has 140 valence electrons. The van der Waals surface area contributed by atoms with Crippen molar-refractivity contribution in [2.24, 2.45) is 0 Å². The van der Waals surface area contributed by atoms with Crippen molar-refractivity contribution in [2.45, 2.75) is 45.8 Å². The molecule has 0 saturated carbocycles. The van der Waals surface area contributed by atoms with Crippen molar-refractivity contribution in [3.05, 3.63) is 59.1 Å². The third kappa shape index (κ3) is 3.30. The van der Waals surface area contributed by atoms with Gasteiger partial charge in [-0.3, -0.25) is 4.40 Å². The summed E-state index contributed by atoms with van der Waals surface area (Å²) in [5.74, 6) is 0.196. The summed E-state index contributed by atoms with van der Waals surface area (Å²) in [7, 11) is 0. The molecule has 2 N–H and O–H groups in total. The minimum absolute atomic E-state index is 0.201. The second-order valence-corrected chi connectivity index (χ2v) is 7.04. The number of anilines is 1. The minimum atomic E-state index is -0.419. The number of aliphatic hydroxyl groups excluding tert-OH is 1. The summed E-state index contributed by atoms with van der Waals surface area (Å²) < 4.78 is 16.2. The second-order valence-electron chi connectivity index (χ2n) is 7.04. The Bertz CT molecular complexity index is 1020. The molecule has 0 bridgehead atoms. The summed E-state index contributed by atoms with van der Waals surface area (Å²) in [5, 5.41) is 12.7. The molecule has 27 heavy (non-hydrogen) atoms. The van der Waals surface area contributed by atoms with Crippen LogP contribution in [0.3, 0.4) is 0 Å². The van der Waals surface area contributed by atoms with Gasteiger partial charge in [-0.15, -0.1) is 0 Å². The maximum Gasteiger partial charge on any atom is 0.223 e. The van der Waals surface area contributed by atoms with Crippen LogP contribution in [0.5, 0.6) is 0 Å². The first kappa shape index (κ1) is 17.6. The number of halogens is 1. The average molecular weight is 367 g/mol. The van der Waals surface area contributed by atoms with E-state index in [1.807, 2.05) is 26.2 Å². The van der Waals surface area contributed by atoms with E-state index < -0.39 is 5.82 Å². The number of allylic oxidation sites excluding steroid dienone is 1. The van der Waals surface area contributed by atoms with E-state index in [0.29, 0.717) is 11.6 Å². The van der Waals surface area contributed by atoms with Crippen molar-refractivity contribution in [3.63, 3.8) is 0 Å². The number of aryl methyl sites for hydroxylation is 1. The highest BCUT2D eigenvalue weighted by Crippen LogP contribution is 2.31. The van der Waals surface area contributed by atoms with E-state index in [1.54, 1.807) is 4.40 Å². The summed E-state index contributed by atoms with van der Waals surface area (Å²) in [5.41, 5.74) is 4.29. The van der Waals surface area contributed by atoms with Crippen LogP contribution in [0.2, 0.25) is 0 Å². The number of nitrogens with zero attached hydrogens (tertiary/aromatic N) is 4. The molecular weight excluding hydrogens is 345 g/mol. The first-order valence-electron chi connectivity index (χ1n) is 9.16. The van der Waals surface area contributed by atoms with Crippen LogP contribution in [0.1, 0.15) is 49.2 Å². The van der Waals surface area contributed by atoms with E-state index in [0.717, 1.165) is 41.7 Å². The van der Waals surface area contributed by atoms with Gasteiger partial charge in [-0.2, -0.15) is 0 Å². The fraction of sp³-hybridized carbons (Fsp3) is 0.350. The molecule has 1 aliphatic carbocycles. The van der Waals surface area contributed by atoms with Crippen LogP contribution in [-0.4, -0.2) is 30.5 Å². The maximum atomic E-state index is 14.6. The molecule has 3 aromatic rings. The van der Waals surface area contributed by atoms with Crippen LogP contribution in [0, 0.1) is 5.82 Å². The molecule has 6 nitrogen and oxygen atoms in total. The van der Waals surface area contributed by atoms with Crippen molar-refractivity contribution in [3.8, 4) is 0 Å². The summed E-state index contributed by atoms with van der Waals surface area (Å²) in [6.07, 6.45) is 9.94. The lowest BCUT2D eigenvalue weighted by Gasteiger charge is -2.14. The minimum Gasteiger partial charge on any atom is -0.390 e. The third-order valence-electron chi connectivity index (χ3n) is 4.65. The number of nitrogens with one attached hydrogen (secondary N) is 1. The van der Waals surface area contributed by atoms with Crippen LogP contribution < -0.4 is 5.32 Å². The predicted octanol–water partition coefficient (Wildman–Crippen LogP) is 3.34. The highest BCUT2D eigenvalue weighted by Gasteiger charge is 2.19. The van der Waals surface area contributed by atoms with Gasteiger partial charge in [-0.05, 0) is 44.7 Å². The van der Waals surface area contributed by atoms with Crippen molar-refractivity contribution < 1.29 is 9.50 Å². The van der Waals surface area contributed by atoms with Crippen molar-refractivity contribution in [1.82, 2.24) is 19.4 Å². The Balaban J connectivity index is 1.83. The van der Waals surface area contributed by atoms with E-state index in [-0.39, 0.29) is 18.3 Å². The van der Waals surface area contributed by atoms with Crippen LogP contribution in [-0.2, 0) is 13.0 Å². The molecule has 0 amide bonds. The van der Waals surface area contributed by atoms with Crippen molar-refractivity contribution in [1.29, 1.82) is 0 Å². The molecule has 3 aromatic heterocycles. The van der Waals surface area contributed by atoms with Gasteiger partial charge in [0, 0.05) is 29.6 Å². The number of hydrogen-bond acceptors (Lipinski definition) is 5. The number of fused-ring (bicyclic) bond motifs is 2. The fourth-order valence-electron chi connectivity index (χ4n) is 3.42. The number of rotatable bonds is 4. The number of aromatic nitrogens is 4. The SMILES string of the molecule is CC(C)Nc1ncc2c(n1)CCCC=C2c1cc(F)c2ncc(CO)n2c1. The number of hydrogen-bond donors (Lipinski definition) is 2. The third-order valence-corrected chi connectivity index (χ3v) is 4.65. The van der Waals surface area contributed by atoms with Crippen LogP contribution >= 0.6 is 0 Å². The Morgan fingerprint density at radius 3 is 2.93 bits per heavy atom. The summed E-state index contributed by atoms with van der Waals surface area (Å²) in [6, 6.07) is 1.74. The van der Waals surface area contributed by atoms with Gasteiger partial charge in [-0.1, -0.05) is 6.08 Å². The van der Waals surface area contributed by atoms with Gasteiger partial charge in [0.05, 0.1) is 24.2 Å². The highest BCUT2D eigenvalue weighted by atomic mass is 19.1. The molecule has 3 heterocycles. The predicted molar refractivity (Wildman–Crippen MR) is 102 cm³/mol. The lowest BCUT2D eigenvalue weighted by Crippen LogP contribution is -2.14. The maximum absolute atomic E-state index is 14.6. The molecule has 1 aliphatic rings. The first-order valence-corrected chi connectivity index (χ1v) is 9.16. The van der Waals surface area contributed by atoms with E-state index in [2.05, 4.69) is 26.3 Å². The average Bonchev–Trinajstić information content (AvgIpc) is 2.94. The van der Waals surface area contributed by atoms with Crippen molar-refractivity contribution >= 4 is 17.2 Å². The van der Waals surface area contributed by atoms with Crippen LogP contribution in [0.4, 0.5) is 10.3 Å². The molecule has 0 aliphatic heterocycles. The quantitative estimate of drug-likeness (QED) is 0.740. The molecule has 0 atom stereocenters. The van der Waals surface area contributed by atoms with Gasteiger partial charge in [0.1, 0.15) is 0 Å². The molecule has 0 aromatic carbocycles. The van der Waals surface area contributed by atoms with Crippen molar-refractivity contribution in [2.75, 3.05) is 5.32 Å². The molecule has 4 rings (SSSR count). The topological polar surface area (TPSA) is 75.3 Å². The Hall–Kier alpha value is -2.80. The first-order chi connectivity index (χ1) is 13.1. The lowest BCUT2D eigenvalue weighted by atomic mass is 9.99. The van der Waals surface area contributed by atoms with Gasteiger partial charge >= 0.3 is 0 Å². The molecule has 0 fully saturated rings. The summed E-state index contributed by atoms with van der Waals surface area (Å²) in [6.45, 7) is 3.89. The van der Waals surface area contributed by atoms with Gasteiger partial charge < -0.3 is 10.4 Å². The van der Waals surface area contributed by atoms with E-state index in [4.69, 9.17) is 0 Å². The molecule has 7 heteroatoms. The largest absolute Gasteiger partial charge is 0.390 e. The monoisotopic (exact) mass is 367 g/mol. The zero-order valence-electron chi connectivity index (χ0n) is 15.4. The van der Waals surface area contributed by atoms with Gasteiger partial charge in [0.15, 0.2) is 11.5 Å². The number of imidazole rings is 1. The molecule has 0 saturated heterocycles. The van der Waals surface area contributed by atoms with E-state index >= 15 is 0 Å². The Labute approximate surface area is 156 Å². The second kappa shape index (κ2) is 7.08. The lowest BCUT2D eigenvalue weighted by molar-refractivity contribution is 0.275. The Morgan fingerprint density at radius 1 is 1.30 bits per heavy atom. The molecule has 0 unspecified atom stereocenters. The normalized spacial score (nSPS) is 14.2. The zero-order valence-corrected chi connectivity index (χ0v) is 15.4. The standard InChI is InChI=1S/C20H22FN5O/c1-12(2)24-20-23-9-16-15(5-3-4-6-18(16)25-20)13-7-17(21)19-22-8-14(11-27)26(19)10-13/h5,7-10,12,27H,3-4,6,11H2,1-2H3,(H,23,24,25). The fourth-order valence-corrected chi connectivity index (χ4v) is 3.42. The molecular formula is C20H22FN5O. The van der Waals surface area contributed by atoms with E-state index in [9.17, 15) is 9.50 Å². The van der Waals surface area contributed by atoms with Crippen LogP contribution in [0.15, 0.2) is 30.7 Å². The number of pyridine rings is 1. The van der Waals surface area contributed by atoms with Crippen LogP contribution in [0.25, 0.3) is 11.2 Å². The highest BCUT2D eigenvalue weighted by molar-refractivity contribution is 5.81. The van der Waals surface area contributed by atoms with E-state index in [1.165, 1.54) is 12.3 Å². The molecule has 0 radical (unpaired) electrons. The summed E-state index contributed by atoms with van der Waals surface area (Å²) in [4.78, 5) is 13.2. The van der Waals surface area contributed by atoms with Gasteiger partial charge in [0.25, 0.3) is 0 Å². The Kier molecular flexibility index (Phi) is 4.61. The van der Waals surface area contributed by atoms with Gasteiger partial charge in [-0.25, -0.2) is 19.3 Å². The Morgan fingerprint density at radius 2 is 2.15 bits per heavy atom. The summed E-state index contributed by atoms with van der Waals surface area (Å²) >= 11 is 0.